The van der Waals surface area contributed by atoms with E-state index in [1.807, 2.05) is 13.0 Å². The minimum absolute atomic E-state index is 0.549. The molecule has 0 aromatic carbocycles. The Hall–Kier alpha value is -1.32. The molecule has 0 amide bonds. The molecule has 1 aliphatic rings. The predicted molar refractivity (Wildman–Crippen MR) is 85.1 cm³/mol. The summed E-state index contributed by atoms with van der Waals surface area (Å²) in [7, 11) is 0. The molecular formula is C16H28N4. The second-order valence-electron chi connectivity index (χ2n) is 6.19. The van der Waals surface area contributed by atoms with Gasteiger partial charge in [0.05, 0.1) is 0 Å². The predicted octanol–water partition coefficient (Wildman–Crippen LogP) is 3.84. The first-order valence-corrected chi connectivity index (χ1v) is 7.96. The molecule has 0 aliphatic heterocycles. The van der Waals surface area contributed by atoms with Gasteiger partial charge in [-0.3, -0.25) is 0 Å². The van der Waals surface area contributed by atoms with Crippen LogP contribution in [0.25, 0.3) is 0 Å². The Kier molecular flexibility index (Phi) is 5.21. The van der Waals surface area contributed by atoms with Crippen LogP contribution < -0.4 is 10.6 Å². The molecule has 0 radical (unpaired) electrons. The third kappa shape index (κ3) is 3.84. The van der Waals surface area contributed by atoms with Gasteiger partial charge in [-0.05, 0) is 38.5 Å². The second-order valence-corrected chi connectivity index (χ2v) is 6.19. The van der Waals surface area contributed by atoms with Crippen molar-refractivity contribution in [3.8, 4) is 0 Å². The largest absolute Gasteiger partial charge is 0.367 e. The van der Waals surface area contributed by atoms with Crippen LogP contribution >= 0.6 is 0 Å². The summed E-state index contributed by atoms with van der Waals surface area (Å²) in [6, 6.07) is 2.60. The summed E-state index contributed by atoms with van der Waals surface area (Å²) < 4.78 is 0. The monoisotopic (exact) mass is 276 g/mol. The Morgan fingerprint density at radius 3 is 2.70 bits per heavy atom. The first-order valence-electron chi connectivity index (χ1n) is 7.96. The molecule has 4 heteroatoms. The molecule has 1 fully saturated rings. The van der Waals surface area contributed by atoms with Gasteiger partial charge in [0.1, 0.15) is 5.82 Å². The van der Waals surface area contributed by atoms with Crippen LogP contribution in [0.15, 0.2) is 6.07 Å². The standard InChI is InChI=1S/C16H28N4/c1-5-17-16-18-12(4)10-15(20-16)19-14-9-7-6-8-13(14)11(2)3/h10-11,13-14H,5-9H2,1-4H3,(H2,17,18,19,20). The topological polar surface area (TPSA) is 49.8 Å². The van der Waals surface area contributed by atoms with Crippen LogP contribution in [0.1, 0.15) is 52.1 Å². The third-order valence-electron chi connectivity index (χ3n) is 4.20. The van der Waals surface area contributed by atoms with E-state index in [0.717, 1.165) is 35.8 Å². The lowest BCUT2D eigenvalue weighted by Crippen LogP contribution is -2.35. The molecule has 2 atom stereocenters. The fourth-order valence-electron chi connectivity index (χ4n) is 3.21. The van der Waals surface area contributed by atoms with E-state index in [1.54, 1.807) is 0 Å². The molecule has 0 spiro atoms. The molecule has 2 rings (SSSR count). The van der Waals surface area contributed by atoms with Crippen LogP contribution in [-0.4, -0.2) is 22.6 Å². The van der Waals surface area contributed by atoms with Gasteiger partial charge < -0.3 is 10.6 Å². The molecule has 1 heterocycles. The average Bonchev–Trinajstić information content (AvgIpc) is 2.38. The van der Waals surface area contributed by atoms with Crippen molar-refractivity contribution in [3.63, 3.8) is 0 Å². The summed E-state index contributed by atoms with van der Waals surface area (Å²) in [5, 5.41) is 6.86. The van der Waals surface area contributed by atoms with Crippen molar-refractivity contribution in [1.29, 1.82) is 0 Å². The van der Waals surface area contributed by atoms with Crippen LogP contribution in [0, 0.1) is 18.8 Å². The zero-order valence-electron chi connectivity index (χ0n) is 13.2. The van der Waals surface area contributed by atoms with Gasteiger partial charge in [-0.2, -0.15) is 4.98 Å². The second kappa shape index (κ2) is 6.91. The number of nitrogens with one attached hydrogen (secondary N) is 2. The number of aryl methyl sites for hydroxylation is 1. The van der Waals surface area contributed by atoms with E-state index in [9.17, 15) is 0 Å². The molecule has 4 nitrogen and oxygen atoms in total. The highest BCUT2D eigenvalue weighted by atomic mass is 15.1. The van der Waals surface area contributed by atoms with Crippen LogP contribution in [0.5, 0.6) is 0 Å². The minimum Gasteiger partial charge on any atom is -0.367 e. The molecule has 0 bridgehead atoms. The molecular weight excluding hydrogens is 248 g/mol. The van der Waals surface area contributed by atoms with Crippen molar-refractivity contribution in [1.82, 2.24) is 9.97 Å². The van der Waals surface area contributed by atoms with Gasteiger partial charge in [-0.25, -0.2) is 4.98 Å². The van der Waals surface area contributed by atoms with Crippen LogP contribution in [0.3, 0.4) is 0 Å². The summed E-state index contributed by atoms with van der Waals surface area (Å²) in [6.07, 6.45) is 5.28. The van der Waals surface area contributed by atoms with Crippen molar-refractivity contribution in [3.05, 3.63) is 11.8 Å². The first-order chi connectivity index (χ1) is 9.60. The SMILES string of the molecule is CCNc1nc(C)cc(NC2CCCCC2C(C)C)n1. The van der Waals surface area contributed by atoms with Gasteiger partial charge in [-0.15, -0.1) is 0 Å². The number of rotatable bonds is 5. The zero-order chi connectivity index (χ0) is 14.5. The third-order valence-corrected chi connectivity index (χ3v) is 4.20. The Labute approximate surface area is 122 Å². The fourth-order valence-corrected chi connectivity index (χ4v) is 3.21. The van der Waals surface area contributed by atoms with E-state index in [2.05, 4.69) is 41.4 Å². The van der Waals surface area contributed by atoms with E-state index in [-0.39, 0.29) is 0 Å². The Balaban J connectivity index is 2.11. The van der Waals surface area contributed by atoms with Crippen LogP contribution in [0.4, 0.5) is 11.8 Å². The quantitative estimate of drug-likeness (QED) is 0.858. The molecule has 20 heavy (non-hydrogen) atoms. The van der Waals surface area contributed by atoms with Crippen molar-refractivity contribution in [2.24, 2.45) is 11.8 Å². The average molecular weight is 276 g/mol. The van der Waals surface area contributed by atoms with E-state index in [1.165, 1.54) is 25.7 Å². The Morgan fingerprint density at radius 1 is 1.25 bits per heavy atom. The summed E-state index contributed by atoms with van der Waals surface area (Å²) in [6.45, 7) is 9.60. The van der Waals surface area contributed by atoms with Gasteiger partial charge in [0.15, 0.2) is 0 Å². The molecule has 1 aliphatic carbocycles. The van der Waals surface area contributed by atoms with Crippen LogP contribution in [0.2, 0.25) is 0 Å². The summed E-state index contributed by atoms with van der Waals surface area (Å²) in [5.74, 6) is 3.17. The Morgan fingerprint density at radius 2 is 2.00 bits per heavy atom. The van der Waals surface area contributed by atoms with Crippen molar-refractivity contribution >= 4 is 11.8 Å². The van der Waals surface area contributed by atoms with E-state index >= 15 is 0 Å². The maximum atomic E-state index is 4.58. The molecule has 112 valence electrons. The molecule has 2 unspecified atom stereocenters. The number of hydrogen-bond donors (Lipinski definition) is 2. The van der Waals surface area contributed by atoms with Gasteiger partial charge >= 0.3 is 0 Å². The highest BCUT2D eigenvalue weighted by Gasteiger charge is 2.27. The normalized spacial score (nSPS) is 22.9. The number of hydrogen-bond acceptors (Lipinski definition) is 4. The lowest BCUT2D eigenvalue weighted by atomic mass is 9.78. The van der Waals surface area contributed by atoms with Gasteiger partial charge in [0.25, 0.3) is 0 Å². The highest BCUT2D eigenvalue weighted by molar-refractivity contribution is 5.43. The molecule has 2 N–H and O–H groups in total. The van der Waals surface area contributed by atoms with Gasteiger partial charge in [0, 0.05) is 24.3 Å². The molecule has 1 saturated carbocycles. The van der Waals surface area contributed by atoms with Crippen molar-refractivity contribution in [2.45, 2.75) is 59.4 Å². The fraction of sp³-hybridized carbons (Fsp3) is 0.750. The number of aromatic nitrogens is 2. The molecule has 1 aromatic heterocycles. The summed E-state index contributed by atoms with van der Waals surface area (Å²) in [4.78, 5) is 8.99. The van der Waals surface area contributed by atoms with Crippen molar-refractivity contribution in [2.75, 3.05) is 17.2 Å². The minimum atomic E-state index is 0.549. The summed E-state index contributed by atoms with van der Waals surface area (Å²) >= 11 is 0. The highest BCUT2D eigenvalue weighted by Crippen LogP contribution is 2.32. The van der Waals surface area contributed by atoms with E-state index in [0.29, 0.717) is 6.04 Å². The smallest absolute Gasteiger partial charge is 0.224 e. The molecule has 1 aromatic rings. The zero-order valence-corrected chi connectivity index (χ0v) is 13.2. The summed E-state index contributed by atoms with van der Waals surface area (Å²) in [5.41, 5.74) is 1.01. The van der Waals surface area contributed by atoms with Crippen molar-refractivity contribution < 1.29 is 0 Å². The van der Waals surface area contributed by atoms with E-state index < -0.39 is 0 Å². The number of anilines is 2. The van der Waals surface area contributed by atoms with Crippen LogP contribution in [-0.2, 0) is 0 Å². The number of nitrogens with zero attached hydrogens (tertiary/aromatic N) is 2. The Bertz CT molecular complexity index is 430. The van der Waals surface area contributed by atoms with Gasteiger partial charge in [0.2, 0.25) is 5.95 Å². The molecule has 0 saturated heterocycles. The van der Waals surface area contributed by atoms with Gasteiger partial charge in [-0.1, -0.05) is 26.7 Å². The lowest BCUT2D eigenvalue weighted by molar-refractivity contribution is 0.253. The lowest BCUT2D eigenvalue weighted by Gasteiger charge is -2.35. The maximum Gasteiger partial charge on any atom is 0.224 e. The van der Waals surface area contributed by atoms with E-state index in [4.69, 9.17) is 0 Å². The maximum absolute atomic E-state index is 4.58. The first kappa shape index (κ1) is 15.1.